The number of anilines is 2. The van der Waals surface area contributed by atoms with Crippen molar-refractivity contribution in [3.05, 3.63) is 90.6 Å². The summed E-state index contributed by atoms with van der Waals surface area (Å²) in [6, 6.07) is 17.7. The molecule has 0 atom stereocenters. The van der Waals surface area contributed by atoms with Gasteiger partial charge < -0.3 is 10.1 Å². The fourth-order valence-corrected chi connectivity index (χ4v) is 3.09. The van der Waals surface area contributed by atoms with E-state index >= 15 is 0 Å². The summed E-state index contributed by atoms with van der Waals surface area (Å²) in [7, 11) is 0. The molecule has 0 unspecified atom stereocenters. The molecule has 0 aliphatic heterocycles. The highest BCUT2D eigenvalue weighted by Gasteiger charge is 2.13. The van der Waals surface area contributed by atoms with Gasteiger partial charge in [0, 0.05) is 41.6 Å². The molecule has 9 heteroatoms. The Morgan fingerprint density at radius 3 is 2.62 bits per heavy atom. The summed E-state index contributed by atoms with van der Waals surface area (Å²) < 4.78 is 7.02. The third-order valence-corrected chi connectivity index (χ3v) is 4.57. The first-order valence-corrected chi connectivity index (χ1v) is 9.81. The van der Waals surface area contributed by atoms with Gasteiger partial charge in [-0.25, -0.2) is 14.8 Å². The molecule has 4 heterocycles. The number of nitrogens with one attached hydrogen (secondary N) is 1. The highest BCUT2D eigenvalue weighted by atomic mass is 16.5. The number of fused-ring (bicyclic) bond motifs is 1. The molecule has 5 aromatic rings. The van der Waals surface area contributed by atoms with Gasteiger partial charge in [0.15, 0.2) is 5.82 Å². The predicted octanol–water partition coefficient (Wildman–Crippen LogP) is 3.85. The Bertz CT molecular complexity index is 1390. The molecule has 32 heavy (non-hydrogen) atoms. The minimum absolute atomic E-state index is 0.250. The number of carbonyl (C=O) groups is 1. The van der Waals surface area contributed by atoms with Gasteiger partial charge in [0.1, 0.15) is 17.3 Å². The molecule has 1 N–H and O–H groups in total. The van der Waals surface area contributed by atoms with Crippen molar-refractivity contribution in [3.63, 3.8) is 0 Å². The molecule has 0 aliphatic rings. The van der Waals surface area contributed by atoms with Crippen LogP contribution in [0.5, 0.6) is 5.75 Å². The molecule has 0 spiro atoms. The van der Waals surface area contributed by atoms with E-state index in [1.807, 2.05) is 37.3 Å². The van der Waals surface area contributed by atoms with E-state index in [9.17, 15) is 4.79 Å². The van der Waals surface area contributed by atoms with Gasteiger partial charge in [-0.05, 0) is 55.5 Å². The molecule has 0 bridgehead atoms. The molecule has 4 aromatic heterocycles. The number of carbonyl (C=O) groups excluding carboxylic acids is 1. The lowest BCUT2D eigenvalue weighted by Crippen LogP contribution is -2.10. The monoisotopic (exact) mass is 423 g/mol. The van der Waals surface area contributed by atoms with Crippen LogP contribution in [0.4, 0.5) is 11.5 Å². The van der Waals surface area contributed by atoms with Crippen molar-refractivity contribution in [3.8, 4) is 17.1 Å². The summed E-state index contributed by atoms with van der Waals surface area (Å²) in [5.74, 6) is 1.63. The minimum Gasteiger partial charge on any atom is -0.422 e. The molecule has 0 amide bonds. The van der Waals surface area contributed by atoms with E-state index in [-0.39, 0.29) is 5.69 Å². The van der Waals surface area contributed by atoms with E-state index < -0.39 is 5.97 Å². The van der Waals surface area contributed by atoms with Crippen LogP contribution in [0, 0.1) is 6.92 Å². The highest BCUT2D eigenvalue weighted by Crippen LogP contribution is 2.23. The molecule has 0 saturated carbocycles. The van der Waals surface area contributed by atoms with Crippen molar-refractivity contribution in [1.29, 1.82) is 0 Å². The van der Waals surface area contributed by atoms with Crippen LogP contribution in [0.25, 0.3) is 17.2 Å². The summed E-state index contributed by atoms with van der Waals surface area (Å²) in [4.78, 5) is 29.3. The predicted molar refractivity (Wildman–Crippen MR) is 118 cm³/mol. The SMILES string of the molecule is Cc1cc(Nc2ccc(OC(=O)c3ccccn3)cc2)n2nc(-c3cccnc3)nc2n1. The maximum absolute atomic E-state index is 12.2. The first-order chi connectivity index (χ1) is 15.7. The number of pyridine rings is 2. The molecule has 0 saturated heterocycles. The van der Waals surface area contributed by atoms with Crippen molar-refractivity contribution in [2.75, 3.05) is 5.32 Å². The molecular formula is C23H17N7O2. The van der Waals surface area contributed by atoms with Gasteiger partial charge in [0.2, 0.25) is 0 Å². The van der Waals surface area contributed by atoms with E-state index in [4.69, 9.17) is 4.74 Å². The van der Waals surface area contributed by atoms with Gasteiger partial charge in [-0.3, -0.25) is 4.98 Å². The lowest BCUT2D eigenvalue weighted by molar-refractivity contribution is 0.0728. The Labute approximate surface area is 182 Å². The number of hydrogen-bond donors (Lipinski definition) is 1. The summed E-state index contributed by atoms with van der Waals surface area (Å²) in [5.41, 5.74) is 2.64. The van der Waals surface area contributed by atoms with E-state index in [2.05, 4.69) is 30.4 Å². The van der Waals surface area contributed by atoms with E-state index in [1.165, 1.54) is 0 Å². The summed E-state index contributed by atoms with van der Waals surface area (Å²) >= 11 is 0. The van der Waals surface area contributed by atoms with Gasteiger partial charge in [0.25, 0.3) is 5.78 Å². The molecule has 1 aromatic carbocycles. The van der Waals surface area contributed by atoms with Crippen LogP contribution < -0.4 is 10.1 Å². The zero-order valence-electron chi connectivity index (χ0n) is 17.0. The van der Waals surface area contributed by atoms with E-state index in [1.54, 1.807) is 53.4 Å². The zero-order valence-corrected chi connectivity index (χ0v) is 17.0. The second-order valence-electron chi connectivity index (χ2n) is 6.93. The van der Waals surface area contributed by atoms with Crippen LogP contribution in [-0.4, -0.2) is 35.5 Å². The first kappa shape index (κ1) is 19.3. The third-order valence-electron chi connectivity index (χ3n) is 4.57. The summed E-state index contributed by atoms with van der Waals surface area (Å²) in [6.45, 7) is 1.89. The molecule has 5 rings (SSSR count). The fraction of sp³-hybridized carbons (Fsp3) is 0.0435. The number of esters is 1. The Kier molecular flexibility index (Phi) is 4.97. The highest BCUT2D eigenvalue weighted by molar-refractivity contribution is 5.88. The Hall–Kier alpha value is -4.66. The number of ether oxygens (including phenoxy) is 1. The van der Waals surface area contributed by atoms with Crippen molar-refractivity contribution >= 4 is 23.3 Å². The third kappa shape index (κ3) is 3.99. The van der Waals surface area contributed by atoms with Crippen molar-refractivity contribution < 1.29 is 9.53 Å². The van der Waals surface area contributed by atoms with Crippen molar-refractivity contribution in [2.24, 2.45) is 0 Å². The average Bonchev–Trinajstić information content (AvgIpc) is 3.26. The maximum Gasteiger partial charge on any atom is 0.362 e. The molecule has 0 aliphatic carbocycles. The largest absolute Gasteiger partial charge is 0.422 e. The number of nitrogens with zero attached hydrogens (tertiary/aromatic N) is 6. The molecular weight excluding hydrogens is 406 g/mol. The molecule has 0 fully saturated rings. The average molecular weight is 423 g/mol. The van der Waals surface area contributed by atoms with E-state index in [0.717, 1.165) is 16.9 Å². The number of hydrogen-bond acceptors (Lipinski definition) is 8. The Balaban J connectivity index is 1.38. The van der Waals surface area contributed by atoms with E-state index in [0.29, 0.717) is 23.2 Å². The normalized spacial score (nSPS) is 10.8. The Morgan fingerprint density at radius 1 is 1.00 bits per heavy atom. The topological polar surface area (TPSA) is 107 Å². The van der Waals surface area contributed by atoms with Gasteiger partial charge >= 0.3 is 5.97 Å². The van der Waals surface area contributed by atoms with Crippen LogP contribution in [0.2, 0.25) is 0 Å². The molecule has 9 nitrogen and oxygen atoms in total. The van der Waals surface area contributed by atoms with Crippen LogP contribution in [0.3, 0.4) is 0 Å². The minimum atomic E-state index is -0.511. The number of aromatic nitrogens is 6. The molecule has 156 valence electrons. The van der Waals surface area contributed by atoms with Crippen LogP contribution in [0.1, 0.15) is 16.2 Å². The summed E-state index contributed by atoms with van der Waals surface area (Å²) in [5, 5.41) is 7.89. The van der Waals surface area contributed by atoms with Gasteiger partial charge in [-0.1, -0.05) is 6.07 Å². The summed E-state index contributed by atoms with van der Waals surface area (Å²) in [6.07, 6.45) is 4.95. The zero-order chi connectivity index (χ0) is 21.9. The van der Waals surface area contributed by atoms with Crippen LogP contribution in [0.15, 0.2) is 79.3 Å². The maximum atomic E-state index is 12.2. The number of rotatable bonds is 5. The lowest BCUT2D eigenvalue weighted by atomic mass is 10.3. The lowest BCUT2D eigenvalue weighted by Gasteiger charge is -2.09. The quantitative estimate of drug-likeness (QED) is 0.335. The number of aryl methyl sites for hydroxylation is 1. The smallest absolute Gasteiger partial charge is 0.362 e. The van der Waals surface area contributed by atoms with Gasteiger partial charge in [-0.15, -0.1) is 5.10 Å². The number of benzene rings is 1. The first-order valence-electron chi connectivity index (χ1n) is 9.81. The Morgan fingerprint density at radius 2 is 1.88 bits per heavy atom. The van der Waals surface area contributed by atoms with Crippen molar-refractivity contribution in [2.45, 2.75) is 6.92 Å². The second-order valence-corrected chi connectivity index (χ2v) is 6.93. The second kappa shape index (κ2) is 8.23. The van der Waals surface area contributed by atoms with Gasteiger partial charge in [0.05, 0.1) is 0 Å². The van der Waals surface area contributed by atoms with Crippen molar-refractivity contribution in [1.82, 2.24) is 29.5 Å². The standard InChI is InChI=1S/C23H17N7O2/c1-15-13-20(30-23(26-15)28-21(29-30)16-5-4-11-24-14-16)27-17-7-9-18(10-8-17)32-22(31)19-6-2-3-12-25-19/h2-14,27H,1H3. The fourth-order valence-electron chi connectivity index (χ4n) is 3.09. The molecule has 0 radical (unpaired) electrons. The van der Waals surface area contributed by atoms with Crippen LogP contribution in [-0.2, 0) is 0 Å². The van der Waals surface area contributed by atoms with Crippen LogP contribution >= 0.6 is 0 Å². The van der Waals surface area contributed by atoms with Gasteiger partial charge in [-0.2, -0.15) is 9.50 Å².